The maximum absolute atomic E-state index is 6.04. The quantitative estimate of drug-likeness (QED) is 0.665. The summed E-state index contributed by atoms with van der Waals surface area (Å²) in [6, 6.07) is 11.3. The van der Waals surface area contributed by atoms with Crippen LogP contribution in [0, 0.1) is 0 Å². The Morgan fingerprint density at radius 1 is 1.00 bits per heavy atom. The number of nitrogens with zero attached hydrogens (tertiary/aromatic N) is 1. The second kappa shape index (κ2) is 10.9. The molecule has 1 atom stereocenters. The molecular formula is C18H32N2. The zero-order valence-corrected chi connectivity index (χ0v) is 13.4. The summed E-state index contributed by atoms with van der Waals surface area (Å²) in [5, 5.41) is 0. The second-order valence-corrected chi connectivity index (χ2v) is 5.66. The third-order valence-electron chi connectivity index (χ3n) is 4.00. The molecule has 1 unspecified atom stereocenters. The number of hydrogen-bond donors (Lipinski definition) is 1. The van der Waals surface area contributed by atoms with Crippen molar-refractivity contribution < 1.29 is 0 Å². The highest BCUT2D eigenvalue weighted by Gasteiger charge is 2.15. The monoisotopic (exact) mass is 276 g/mol. The predicted octanol–water partition coefficient (Wildman–Crippen LogP) is 3.85. The van der Waals surface area contributed by atoms with E-state index in [1.54, 1.807) is 0 Å². The van der Waals surface area contributed by atoms with Gasteiger partial charge in [0.05, 0.1) is 0 Å². The van der Waals surface area contributed by atoms with Gasteiger partial charge in [0.1, 0.15) is 0 Å². The highest BCUT2D eigenvalue weighted by Crippen LogP contribution is 2.12. The standard InChI is InChI=1S/C18H32N2/c1-3-5-14-20(15-6-4-2)18(16-19)13-12-17-10-8-7-9-11-17/h7-11,18H,3-6,12-16,19H2,1-2H3. The van der Waals surface area contributed by atoms with Crippen molar-refractivity contribution in [3.63, 3.8) is 0 Å². The van der Waals surface area contributed by atoms with Gasteiger partial charge in [0, 0.05) is 12.6 Å². The zero-order valence-electron chi connectivity index (χ0n) is 13.4. The van der Waals surface area contributed by atoms with E-state index in [-0.39, 0.29) is 0 Å². The van der Waals surface area contributed by atoms with Gasteiger partial charge in [-0.05, 0) is 44.3 Å². The lowest BCUT2D eigenvalue weighted by Gasteiger charge is -2.31. The second-order valence-electron chi connectivity index (χ2n) is 5.66. The Balaban J connectivity index is 2.50. The minimum absolute atomic E-state index is 0.535. The molecule has 0 heterocycles. The van der Waals surface area contributed by atoms with Crippen molar-refractivity contribution in [1.29, 1.82) is 0 Å². The normalized spacial score (nSPS) is 12.8. The molecule has 0 aliphatic heterocycles. The molecular weight excluding hydrogens is 244 g/mol. The van der Waals surface area contributed by atoms with Crippen LogP contribution in [0.3, 0.4) is 0 Å². The molecule has 0 aliphatic carbocycles. The van der Waals surface area contributed by atoms with E-state index in [1.807, 2.05) is 0 Å². The van der Waals surface area contributed by atoms with Crippen LogP contribution in [0.5, 0.6) is 0 Å². The van der Waals surface area contributed by atoms with E-state index >= 15 is 0 Å². The first-order valence-corrected chi connectivity index (χ1v) is 8.29. The van der Waals surface area contributed by atoms with Crippen molar-refractivity contribution in [3.05, 3.63) is 35.9 Å². The number of aryl methyl sites for hydroxylation is 1. The maximum Gasteiger partial charge on any atom is 0.0221 e. The Morgan fingerprint density at radius 2 is 1.60 bits per heavy atom. The van der Waals surface area contributed by atoms with Crippen LogP contribution >= 0.6 is 0 Å². The third-order valence-corrected chi connectivity index (χ3v) is 4.00. The molecule has 2 nitrogen and oxygen atoms in total. The highest BCUT2D eigenvalue weighted by molar-refractivity contribution is 5.14. The smallest absolute Gasteiger partial charge is 0.0221 e. The summed E-state index contributed by atoms with van der Waals surface area (Å²) in [5.74, 6) is 0. The Morgan fingerprint density at radius 3 is 2.10 bits per heavy atom. The first-order chi connectivity index (χ1) is 9.81. The number of unbranched alkanes of at least 4 members (excludes halogenated alkanes) is 2. The summed E-state index contributed by atoms with van der Waals surface area (Å²) in [6.45, 7) is 7.71. The fraction of sp³-hybridized carbons (Fsp3) is 0.667. The minimum atomic E-state index is 0.535. The van der Waals surface area contributed by atoms with Gasteiger partial charge in [-0.3, -0.25) is 4.90 Å². The molecule has 0 fully saturated rings. The molecule has 114 valence electrons. The molecule has 0 amide bonds. The molecule has 0 spiro atoms. The van der Waals surface area contributed by atoms with E-state index in [0.717, 1.165) is 13.0 Å². The van der Waals surface area contributed by atoms with Gasteiger partial charge >= 0.3 is 0 Å². The Bertz CT molecular complexity index is 315. The molecule has 2 N–H and O–H groups in total. The van der Waals surface area contributed by atoms with Crippen molar-refractivity contribution in [1.82, 2.24) is 4.90 Å². The molecule has 0 radical (unpaired) electrons. The van der Waals surface area contributed by atoms with E-state index in [0.29, 0.717) is 6.04 Å². The van der Waals surface area contributed by atoms with E-state index < -0.39 is 0 Å². The molecule has 1 aromatic rings. The summed E-state index contributed by atoms with van der Waals surface area (Å²) in [4.78, 5) is 2.62. The van der Waals surface area contributed by atoms with Gasteiger partial charge in [0.2, 0.25) is 0 Å². The summed E-state index contributed by atoms with van der Waals surface area (Å²) in [5.41, 5.74) is 7.47. The molecule has 0 bridgehead atoms. The molecule has 20 heavy (non-hydrogen) atoms. The number of rotatable bonds is 11. The van der Waals surface area contributed by atoms with Crippen LogP contribution in [0.4, 0.5) is 0 Å². The molecule has 1 rings (SSSR count). The van der Waals surface area contributed by atoms with Gasteiger partial charge in [-0.2, -0.15) is 0 Å². The summed E-state index contributed by atoms with van der Waals surface area (Å²) < 4.78 is 0. The van der Waals surface area contributed by atoms with Crippen LogP contribution < -0.4 is 5.73 Å². The fourth-order valence-corrected chi connectivity index (χ4v) is 2.63. The van der Waals surface area contributed by atoms with E-state index in [9.17, 15) is 0 Å². The SMILES string of the molecule is CCCCN(CCCC)C(CN)CCc1ccccc1. The zero-order chi connectivity index (χ0) is 14.6. The highest BCUT2D eigenvalue weighted by atomic mass is 15.2. The van der Waals surface area contributed by atoms with Gasteiger partial charge in [-0.15, -0.1) is 0 Å². The third kappa shape index (κ3) is 6.53. The Labute approximate surface area is 125 Å². The van der Waals surface area contributed by atoms with Crippen molar-refractivity contribution >= 4 is 0 Å². The van der Waals surface area contributed by atoms with Gasteiger partial charge in [-0.1, -0.05) is 57.0 Å². The topological polar surface area (TPSA) is 29.3 Å². The first kappa shape index (κ1) is 17.2. The lowest BCUT2D eigenvalue weighted by molar-refractivity contribution is 0.185. The van der Waals surface area contributed by atoms with Crippen LogP contribution in [0.1, 0.15) is 51.5 Å². The number of nitrogens with two attached hydrogens (primary N) is 1. The van der Waals surface area contributed by atoms with E-state index in [4.69, 9.17) is 5.73 Å². The number of benzene rings is 1. The van der Waals surface area contributed by atoms with Gasteiger partial charge in [0.15, 0.2) is 0 Å². The molecule has 0 aliphatic rings. The van der Waals surface area contributed by atoms with Crippen LogP contribution in [0.15, 0.2) is 30.3 Å². The predicted molar refractivity (Wildman–Crippen MR) is 89.0 cm³/mol. The average molecular weight is 276 g/mol. The fourth-order valence-electron chi connectivity index (χ4n) is 2.63. The lowest BCUT2D eigenvalue weighted by atomic mass is 10.0. The lowest BCUT2D eigenvalue weighted by Crippen LogP contribution is -2.42. The molecule has 0 saturated carbocycles. The van der Waals surface area contributed by atoms with Crippen molar-refractivity contribution in [2.75, 3.05) is 19.6 Å². The summed E-state index contributed by atoms with van der Waals surface area (Å²) >= 11 is 0. The molecule has 0 aromatic heterocycles. The maximum atomic E-state index is 6.04. The van der Waals surface area contributed by atoms with Crippen molar-refractivity contribution in [2.45, 2.75) is 58.4 Å². The minimum Gasteiger partial charge on any atom is -0.329 e. The average Bonchev–Trinajstić information content (AvgIpc) is 2.50. The van der Waals surface area contributed by atoms with E-state index in [1.165, 1.54) is 50.8 Å². The Kier molecular flexibility index (Phi) is 9.35. The van der Waals surface area contributed by atoms with Gasteiger partial charge in [-0.25, -0.2) is 0 Å². The number of hydrogen-bond acceptors (Lipinski definition) is 2. The summed E-state index contributed by atoms with van der Waals surface area (Å²) in [7, 11) is 0. The first-order valence-electron chi connectivity index (χ1n) is 8.29. The van der Waals surface area contributed by atoms with Crippen LogP contribution in [0.2, 0.25) is 0 Å². The molecule has 0 saturated heterocycles. The summed E-state index contributed by atoms with van der Waals surface area (Å²) in [6.07, 6.45) is 7.40. The molecule has 1 aromatic carbocycles. The van der Waals surface area contributed by atoms with Crippen LogP contribution in [-0.2, 0) is 6.42 Å². The van der Waals surface area contributed by atoms with Crippen LogP contribution in [0.25, 0.3) is 0 Å². The van der Waals surface area contributed by atoms with Crippen LogP contribution in [-0.4, -0.2) is 30.6 Å². The van der Waals surface area contributed by atoms with Crippen molar-refractivity contribution in [3.8, 4) is 0 Å². The van der Waals surface area contributed by atoms with Gasteiger partial charge in [0.25, 0.3) is 0 Å². The largest absolute Gasteiger partial charge is 0.329 e. The molecule has 2 heteroatoms. The van der Waals surface area contributed by atoms with Crippen molar-refractivity contribution in [2.24, 2.45) is 5.73 Å². The van der Waals surface area contributed by atoms with Gasteiger partial charge < -0.3 is 5.73 Å². The Hall–Kier alpha value is -0.860. The van der Waals surface area contributed by atoms with E-state index in [2.05, 4.69) is 49.1 Å².